The summed E-state index contributed by atoms with van der Waals surface area (Å²) in [6.45, 7) is 10.0. The van der Waals surface area contributed by atoms with Crippen molar-refractivity contribution >= 4 is 0 Å². The Morgan fingerprint density at radius 3 is 3.00 bits per heavy atom. The normalized spacial score (nSPS) is 23.4. The largest absolute Gasteiger partial charge is 0.380 e. The van der Waals surface area contributed by atoms with Crippen LogP contribution in [0.3, 0.4) is 0 Å². The molecular formula is C11H21NO. The van der Waals surface area contributed by atoms with Crippen LogP contribution in [-0.2, 0) is 4.74 Å². The van der Waals surface area contributed by atoms with Gasteiger partial charge in [-0.15, -0.1) is 6.58 Å². The highest BCUT2D eigenvalue weighted by atomic mass is 16.5. The summed E-state index contributed by atoms with van der Waals surface area (Å²) in [7, 11) is 0. The lowest BCUT2D eigenvalue weighted by Gasteiger charge is -2.33. The molecule has 1 saturated heterocycles. The van der Waals surface area contributed by atoms with Crippen molar-refractivity contribution in [3.63, 3.8) is 0 Å². The third kappa shape index (κ3) is 3.49. The number of ether oxygens (including phenoxy) is 1. The Balaban J connectivity index is 2.36. The number of hydrogen-bond acceptors (Lipinski definition) is 2. The van der Waals surface area contributed by atoms with Crippen LogP contribution in [0.25, 0.3) is 0 Å². The molecule has 0 bridgehead atoms. The van der Waals surface area contributed by atoms with Gasteiger partial charge in [0, 0.05) is 19.2 Å². The number of nitrogens with zero attached hydrogens (tertiary/aromatic N) is 1. The highest BCUT2D eigenvalue weighted by Crippen LogP contribution is 2.13. The van der Waals surface area contributed by atoms with Crippen LogP contribution in [0.15, 0.2) is 12.7 Å². The topological polar surface area (TPSA) is 12.5 Å². The fraction of sp³-hybridized carbons (Fsp3) is 0.818. The van der Waals surface area contributed by atoms with E-state index >= 15 is 0 Å². The van der Waals surface area contributed by atoms with Gasteiger partial charge in [-0.3, -0.25) is 4.90 Å². The lowest BCUT2D eigenvalue weighted by molar-refractivity contribution is 0.0222. The lowest BCUT2D eigenvalue weighted by Crippen LogP contribution is -2.41. The van der Waals surface area contributed by atoms with Crippen molar-refractivity contribution in [2.75, 3.05) is 26.3 Å². The van der Waals surface area contributed by atoms with E-state index in [9.17, 15) is 0 Å². The van der Waals surface area contributed by atoms with Crippen LogP contribution in [0.4, 0.5) is 0 Å². The predicted octanol–water partition coefficient (Wildman–Crippen LogP) is 2.06. The van der Waals surface area contributed by atoms with E-state index in [1.807, 2.05) is 6.08 Å². The molecule has 0 spiro atoms. The third-order valence-electron chi connectivity index (χ3n) is 2.53. The Labute approximate surface area is 81.6 Å². The van der Waals surface area contributed by atoms with Crippen molar-refractivity contribution < 1.29 is 4.74 Å². The van der Waals surface area contributed by atoms with Gasteiger partial charge < -0.3 is 4.74 Å². The van der Waals surface area contributed by atoms with Gasteiger partial charge in [-0.05, 0) is 25.8 Å². The van der Waals surface area contributed by atoms with E-state index in [2.05, 4.69) is 18.4 Å². The second kappa shape index (κ2) is 6.17. The van der Waals surface area contributed by atoms with E-state index in [0.717, 1.165) is 19.8 Å². The molecule has 0 saturated carbocycles. The maximum Gasteiger partial charge on any atom is 0.0621 e. The summed E-state index contributed by atoms with van der Waals surface area (Å²) in [4.78, 5) is 2.48. The van der Waals surface area contributed by atoms with E-state index in [1.165, 1.54) is 25.8 Å². The fourth-order valence-corrected chi connectivity index (χ4v) is 1.89. The van der Waals surface area contributed by atoms with Crippen LogP contribution in [-0.4, -0.2) is 37.2 Å². The maximum absolute atomic E-state index is 5.48. The summed E-state index contributed by atoms with van der Waals surface area (Å²) >= 11 is 0. The van der Waals surface area contributed by atoms with Gasteiger partial charge in [0.05, 0.1) is 6.61 Å². The molecule has 1 unspecified atom stereocenters. The van der Waals surface area contributed by atoms with Crippen LogP contribution >= 0.6 is 0 Å². The van der Waals surface area contributed by atoms with Crippen LogP contribution in [0.2, 0.25) is 0 Å². The molecule has 0 aliphatic carbocycles. The lowest BCUT2D eigenvalue weighted by atomic mass is 10.1. The first-order valence-electron chi connectivity index (χ1n) is 5.31. The molecule has 1 fully saturated rings. The summed E-state index contributed by atoms with van der Waals surface area (Å²) in [6.07, 6.45) is 5.70. The second-order valence-electron chi connectivity index (χ2n) is 3.65. The van der Waals surface area contributed by atoms with Gasteiger partial charge in [-0.2, -0.15) is 0 Å². The van der Waals surface area contributed by atoms with Crippen molar-refractivity contribution in [1.29, 1.82) is 0 Å². The minimum absolute atomic E-state index is 0.631. The van der Waals surface area contributed by atoms with Gasteiger partial charge in [-0.1, -0.05) is 13.0 Å². The molecule has 0 N–H and O–H groups in total. The first-order chi connectivity index (χ1) is 6.38. The van der Waals surface area contributed by atoms with Gasteiger partial charge in [0.1, 0.15) is 0 Å². The first-order valence-corrected chi connectivity index (χ1v) is 5.31. The van der Waals surface area contributed by atoms with E-state index in [4.69, 9.17) is 4.74 Å². The molecule has 0 aromatic rings. The molecule has 1 rings (SSSR count). The summed E-state index contributed by atoms with van der Waals surface area (Å²) < 4.78 is 5.48. The fourth-order valence-electron chi connectivity index (χ4n) is 1.89. The number of hydrogen-bond donors (Lipinski definition) is 0. The van der Waals surface area contributed by atoms with Gasteiger partial charge >= 0.3 is 0 Å². The number of rotatable bonds is 5. The molecule has 0 aromatic heterocycles. The van der Waals surface area contributed by atoms with Crippen LogP contribution in [0.1, 0.15) is 26.2 Å². The Morgan fingerprint density at radius 1 is 1.62 bits per heavy atom. The smallest absolute Gasteiger partial charge is 0.0621 e. The van der Waals surface area contributed by atoms with Crippen LogP contribution < -0.4 is 0 Å². The monoisotopic (exact) mass is 183 g/mol. The zero-order valence-electron chi connectivity index (χ0n) is 8.67. The van der Waals surface area contributed by atoms with Crippen molar-refractivity contribution in [3.8, 4) is 0 Å². The quantitative estimate of drug-likeness (QED) is 0.605. The van der Waals surface area contributed by atoms with Gasteiger partial charge in [0.2, 0.25) is 0 Å². The molecule has 1 atom stereocenters. The maximum atomic E-state index is 5.48. The molecule has 0 amide bonds. The second-order valence-corrected chi connectivity index (χ2v) is 3.65. The molecule has 2 heteroatoms. The molecular weight excluding hydrogens is 162 g/mol. The van der Waals surface area contributed by atoms with Crippen molar-refractivity contribution in [3.05, 3.63) is 12.7 Å². The molecule has 2 nitrogen and oxygen atoms in total. The molecule has 1 heterocycles. The zero-order valence-corrected chi connectivity index (χ0v) is 8.67. The Morgan fingerprint density at radius 2 is 2.46 bits per heavy atom. The van der Waals surface area contributed by atoms with E-state index in [-0.39, 0.29) is 0 Å². The summed E-state index contributed by atoms with van der Waals surface area (Å²) in [5, 5.41) is 0. The van der Waals surface area contributed by atoms with Gasteiger partial charge in [0.25, 0.3) is 0 Å². The van der Waals surface area contributed by atoms with E-state index < -0.39 is 0 Å². The molecule has 76 valence electrons. The van der Waals surface area contributed by atoms with Crippen molar-refractivity contribution in [2.24, 2.45) is 0 Å². The van der Waals surface area contributed by atoms with Crippen LogP contribution in [0, 0.1) is 0 Å². The van der Waals surface area contributed by atoms with Crippen LogP contribution in [0.5, 0.6) is 0 Å². The molecule has 13 heavy (non-hydrogen) atoms. The van der Waals surface area contributed by atoms with E-state index in [1.54, 1.807) is 0 Å². The highest BCUT2D eigenvalue weighted by molar-refractivity contribution is 4.80. The first kappa shape index (κ1) is 10.7. The summed E-state index contributed by atoms with van der Waals surface area (Å²) in [5.74, 6) is 0. The predicted molar refractivity (Wildman–Crippen MR) is 55.9 cm³/mol. The standard InChI is InChI=1S/C11H21NO/c1-3-7-12(8-4-2)11-6-5-9-13-10-11/h3,11H,1,4-10H2,2H3. The molecule has 1 aliphatic rings. The average Bonchev–Trinajstić information content (AvgIpc) is 2.19. The molecule has 0 aromatic carbocycles. The Bertz CT molecular complexity index is 141. The minimum atomic E-state index is 0.631. The highest BCUT2D eigenvalue weighted by Gasteiger charge is 2.19. The average molecular weight is 183 g/mol. The summed E-state index contributed by atoms with van der Waals surface area (Å²) in [6, 6.07) is 0.631. The van der Waals surface area contributed by atoms with Crippen molar-refractivity contribution in [2.45, 2.75) is 32.2 Å². The van der Waals surface area contributed by atoms with Crippen molar-refractivity contribution in [1.82, 2.24) is 4.90 Å². The zero-order chi connectivity index (χ0) is 9.52. The van der Waals surface area contributed by atoms with Gasteiger partial charge in [-0.25, -0.2) is 0 Å². The molecule has 1 aliphatic heterocycles. The Kier molecular flexibility index (Phi) is 5.09. The minimum Gasteiger partial charge on any atom is -0.380 e. The third-order valence-corrected chi connectivity index (χ3v) is 2.53. The SMILES string of the molecule is C=CCN(CCC)C1CCCOC1. The van der Waals surface area contributed by atoms with E-state index in [0.29, 0.717) is 6.04 Å². The van der Waals surface area contributed by atoms with Gasteiger partial charge in [0.15, 0.2) is 0 Å². The Hall–Kier alpha value is -0.340. The molecule has 0 radical (unpaired) electrons. The summed E-state index contributed by atoms with van der Waals surface area (Å²) in [5.41, 5.74) is 0.